The van der Waals surface area contributed by atoms with Gasteiger partial charge in [0.05, 0.1) is 0 Å². The number of hydrogen-bond acceptors (Lipinski definition) is 4. The summed E-state index contributed by atoms with van der Waals surface area (Å²) in [7, 11) is 0. The maximum absolute atomic E-state index is 13.5. The Labute approximate surface area is 110 Å². The lowest BCUT2D eigenvalue weighted by Crippen LogP contribution is -2.02. The second-order valence-electron chi connectivity index (χ2n) is 4.18. The van der Waals surface area contributed by atoms with Crippen LogP contribution in [-0.4, -0.2) is 9.97 Å². The summed E-state index contributed by atoms with van der Waals surface area (Å²) in [5.74, 6) is 1.01. The Kier molecular flexibility index (Phi) is 3.81. The van der Waals surface area contributed by atoms with Crippen molar-refractivity contribution in [3.63, 3.8) is 0 Å². The van der Waals surface area contributed by atoms with Crippen molar-refractivity contribution in [2.24, 2.45) is 0 Å². The molecule has 18 heavy (non-hydrogen) atoms. The van der Waals surface area contributed by atoms with Crippen molar-refractivity contribution >= 4 is 17.6 Å². The summed E-state index contributed by atoms with van der Waals surface area (Å²) in [5, 5.41) is 0.663. The van der Waals surface area contributed by atoms with Crippen LogP contribution in [0.3, 0.4) is 0 Å². The van der Waals surface area contributed by atoms with Gasteiger partial charge in [-0.15, -0.1) is 0 Å². The number of benzene rings is 1. The number of halogens is 1. The fourth-order valence-electron chi connectivity index (χ4n) is 1.41. The first kappa shape index (κ1) is 12.8. The fourth-order valence-corrected chi connectivity index (χ4v) is 2.27. The number of nitrogens with zero attached hydrogens (tertiary/aromatic N) is 2. The van der Waals surface area contributed by atoms with Gasteiger partial charge in [-0.25, -0.2) is 14.4 Å². The van der Waals surface area contributed by atoms with Crippen LogP contribution in [0.1, 0.15) is 25.6 Å². The molecule has 2 N–H and O–H groups in total. The van der Waals surface area contributed by atoms with E-state index in [0.717, 1.165) is 0 Å². The van der Waals surface area contributed by atoms with Crippen LogP contribution in [0.2, 0.25) is 0 Å². The molecule has 0 fully saturated rings. The summed E-state index contributed by atoms with van der Waals surface area (Å²) >= 11 is 1.25. The highest BCUT2D eigenvalue weighted by Crippen LogP contribution is 2.29. The van der Waals surface area contributed by atoms with E-state index in [9.17, 15) is 4.39 Å². The first-order chi connectivity index (χ1) is 8.56. The van der Waals surface area contributed by atoms with Gasteiger partial charge >= 0.3 is 0 Å². The van der Waals surface area contributed by atoms with Crippen LogP contribution in [0.5, 0.6) is 0 Å². The molecule has 0 atom stereocenters. The smallest absolute Gasteiger partial charge is 0.137 e. The van der Waals surface area contributed by atoms with Gasteiger partial charge in [-0.2, -0.15) is 0 Å². The molecule has 1 aromatic heterocycles. The van der Waals surface area contributed by atoms with E-state index in [0.29, 0.717) is 21.6 Å². The van der Waals surface area contributed by atoms with Crippen LogP contribution < -0.4 is 5.73 Å². The van der Waals surface area contributed by atoms with E-state index in [-0.39, 0.29) is 11.7 Å². The second kappa shape index (κ2) is 5.35. The zero-order valence-corrected chi connectivity index (χ0v) is 11.0. The molecule has 0 radical (unpaired) electrons. The Hall–Kier alpha value is -1.62. The number of nitrogens with two attached hydrogens (primary N) is 1. The molecule has 0 bridgehead atoms. The summed E-state index contributed by atoms with van der Waals surface area (Å²) in [6, 6.07) is 8.25. The lowest BCUT2D eigenvalue weighted by atomic mass is 10.2. The summed E-state index contributed by atoms with van der Waals surface area (Å²) in [5.41, 5.74) is 5.73. The van der Waals surface area contributed by atoms with Gasteiger partial charge in [0.2, 0.25) is 0 Å². The number of rotatable bonds is 3. The molecule has 0 saturated carbocycles. The number of hydrogen-bond donors (Lipinski definition) is 1. The van der Waals surface area contributed by atoms with Crippen molar-refractivity contribution in [2.75, 3.05) is 5.73 Å². The Morgan fingerprint density at radius 2 is 1.94 bits per heavy atom. The molecule has 1 aromatic carbocycles. The quantitative estimate of drug-likeness (QED) is 0.861. The normalized spacial score (nSPS) is 10.9. The third kappa shape index (κ3) is 2.98. The summed E-state index contributed by atoms with van der Waals surface area (Å²) in [4.78, 5) is 9.06. The maximum atomic E-state index is 13.5. The molecule has 0 saturated heterocycles. The van der Waals surface area contributed by atoms with E-state index in [1.54, 1.807) is 24.3 Å². The third-order valence-electron chi connectivity index (χ3n) is 2.31. The molecule has 0 aliphatic rings. The molecule has 0 spiro atoms. The molecule has 0 unspecified atom stereocenters. The predicted octanol–water partition coefficient (Wildman–Crippen LogP) is 3.47. The van der Waals surface area contributed by atoms with Gasteiger partial charge in [0.1, 0.15) is 22.5 Å². The van der Waals surface area contributed by atoms with Crippen LogP contribution in [0.25, 0.3) is 0 Å². The zero-order chi connectivity index (χ0) is 13.1. The van der Waals surface area contributed by atoms with Crippen molar-refractivity contribution in [1.29, 1.82) is 0 Å². The highest BCUT2D eigenvalue weighted by molar-refractivity contribution is 7.99. The topological polar surface area (TPSA) is 51.8 Å². The molecule has 5 heteroatoms. The van der Waals surface area contributed by atoms with E-state index < -0.39 is 0 Å². The summed E-state index contributed by atoms with van der Waals surface area (Å²) in [6.07, 6.45) is 0. The predicted molar refractivity (Wildman–Crippen MR) is 71.1 cm³/mol. The van der Waals surface area contributed by atoms with Gasteiger partial charge in [-0.3, -0.25) is 0 Å². The summed E-state index contributed by atoms with van der Waals surface area (Å²) < 4.78 is 13.5. The van der Waals surface area contributed by atoms with Crippen LogP contribution in [0.4, 0.5) is 10.2 Å². The van der Waals surface area contributed by atoms with Gasteiger partial charge in [0, 0.05) is 16.9 Å². The highest BCUT2D eigenvalue weighted by atomic mass is 32.2. The lowest BCUT2D eigenvalue weighted by Gasteiger charge is -2.08. The minimum atomic E-state index is -0.259. The van der Waals surface area contributed by atoms with E-state index in [1.165, 1.54) is 17.8 Å². The molecule has 0 aliphatic carbocycles. The second-order valence-corrected chi connectivity index (χ2v) is 5.24. The van der Waals surface area contributed by atoms with E-state index in [1.807, 2.05) is 13.8 Å². The van der Waals surface area contributed by atoms with Crippen LogP contribution in [0, 0.1) is 5.82 Å². The Balaban J connectivity index is 2.32. The van der Waals surface area contributed by atoms with Gasteiger partial charge in [-0.1, -0.05) is 37.7 Å². The first-order valence-corrected chi connectivity index (χ1v) is 6.44. The number of nitrogen functional groups attached to an aromatic ring is 1. The van der Waals surface area contributed by atoms with Crippen molar-refractivity contribution in [3.05, 3.63) is 42.0 Å². The molecule has 2 aromatic rings. The van der Waals surface area contributed by atoms with Crippen LogP contribution in [0.15, 0.2) is 40.3 Å². The fraction of sp³-hybridized carbons (Fsp3) is 0.231. The maximum Gasteiger partial charge on any atom is 0.137 e. The molecule has 94 valence electrons. The largest absolute Gasteiger partial charge is 0.384 e. The molecule has 0 aliphatic heterocycles. The van der Waals surface area contributed by atoms with Gasteiger partial charge in [0.25, 0.3) is 0 Å². The van der Waals surface area contributed by atoms with Crippen molar-refractivity contribution in [2.45, 2.75) is 29.7 Å². The lowest BCUT2D eigenvalue weighted by molar-refractivity contribution is 0.602. The van der Waals surface area contributed by atoms with E-state index in [4.69, 9.17) is 5.73 Å². The SMILES string of the molecule is CC(C)c1nc(N)cc(Sc2ccccc2F)n1. The third-order valence-corrected chi connectivity index (χ3v) is 3.28. The minimum absolute atomic E-state index is 0.188. The van der Waals surface area contributed by atoms with Gasteiger partial charge in [0.15, 0.2) is 0 Å². The summed E-state index contributed by atoms with van der Waals surface area (Å²) in [6.45, 7) is 3.98. The molecule has 2 rings (SSSR count). The van der Waals surface area contributed by atoms with Crippen LogP contribution in [-0.2, 0) is 0 Å². The Morgan fingerprint density at radius 3 is 2.61 bits per heavy atom. The molecular formula is C13H14FN3S. The van der Waals surface area contributed by atoms with Crippen LogP contribution >= 0.6 is 11.8 Å². The van der Waals surface area contributed by atoms with Crippen molar-refractivity contribution in [1.82, 2.24) is 9.97 Å². The average Bonchev–Trinajstić information content (AvgIpc) is 2.31. The van der Waals surface area contributed by atoms with Crippen molar-refractivity contribution < 1.29 is 4.39 Å². The van der Waals surface area contributed by atoms with E-state index in [2.05, 4.69) is 9.97 Å². The Morgan fingerprint density at radius 1 is 1.22 bits per heavy atom. The zero-order valence-electron chi connectivity index (χ0n) is 10.2. The molecule has 0 amide bonds. The minimum Gasteiger partial charge on any atom is -0.384 e. The Bertz CT molecular complexity index is 558. The monoisotopic (exact) mass is 263 g/mol. The van der Waals surface area contributed by atoms with E-state index >= 15 is 0 Å². The van der Waals surface area contributed by atoms with Gasteiger partial charge < -0.3 is 5.73 Å². The molecule has 3 nitrogen and oxygen atoms in total. The average molecular weight is 263 g/mol. The molecular weight excluding hydrogens is 249 g/mol. The van der Waals surface area contributed by atoms with Crippen molar-refractivity contribution in [3.8, 4) is 0 Å². The number of anilines is 1. The van der Waals surface area contributed by atoms with Gasteiger partial charge in [-0.05, 0) is 12.1 Å². The molecule has 1 heterocycles. The standard InChI is InChI=1S/C13H14FN3S/c1-8(2)13-16-11(15)7-12(17-13)18-10-6-4-3-5-9(10)14/h3-8H,1-2H3,(H2,15,16,17). The highest BCUT2D eigenvalue weighted by Gasteiger charge is 2.09. The first-order valence-electron chi connectivity index (χ1n) is 5.63. The number of aromatic nitrogens is 2.